The van der Waals surface area contributed by atoms with Gasteiger partial charge in [0.1, 0.15) is 11.6 Å². The lowest BCUT2D eigenvalue weighted by molar-refractivity contribution is -0.00968. The van der Waals surface area contributed by atoms with E-state index in [1.54, 1.807) is 0 Å². The Labute approximate surface area is 204 Å². The molecule has 9 nitrogen and oxygen atoms in total. The molecular weight excluding hydrogens is 438 g/mol. The first-order valence-electron chi connectivity index (χ1n) is 12.0. The van der Waals surface area contributed by atoms with E-state index in [1.807, 2.05) is 38.4 Å². The smallest absolute Gasteiger partial charge is 0.163 e. The average Bonchev–Trinajstić information content (AvgIpc) is 3.27. The maximum atomic E-state index is 4.78. The fourth-order valence-corrected chi connectivity index (χ4v) is 4.99. The average molecular weight is 468 g/mol. The SMILES string of the molecule is Cc1ccc(CN2C3CC2CN(c2ccc(-c4nc(C)cc(Nc5cc(C)[nH]n5)n4)cn2)C3)nc1. The number of H-pyrrole nitrogens is 1. The Kier molecular flexibility index (Phi) is 5.41. The van der Waals surface area contributed by atoms with Gasteiger partial charge in [-0.05, 0) is 51.0 Å². The van der Waals surface area contributed by atoms with Gasteiger partial charge in [0.15, 0.2) is 11.6 Å². The molecule has 7 heterocycles. The molecule has 2 N–H and O–H groups in total. The lowest BCUT2D eigenvalue weighted by atomic mass is 9.87. The summed E-state index contributed by atoms with van der Waals surface area (Å²) in [6.45, 7) is 8.92. The molecule has 3 fully saturated rings. The van der Waals surface area contributed by atoms with Crippen LogP contribution in [-0.2, 0) is 6.54 Å². The van der Waals surface area contributed by atoms with E-state index >= 15 is 0 Å². The van der Waals surface area contributed by atoms with Gasteiger partial charge in [0.05, 0.1) is 5.69 Å². The van der Waals surface area contributed by atoms with Crippen molar-refractivity contribution in [3.8, 4) is 11.4 Å². The first kappa shape index (κ1) is 21.7. The molecule has 0 radical (unpaired) electrons. The molecule has 0 saturated carbocycles. The minimum Gasteiger partial charge on any atom is -0.353 e. The molecule has 3 aliphatic heterocycles. The van der Waals surface area contributed by atoms with Crippen LogP contribution in [0.3, 0.4) is 0 Å². The van der Waals surface area contributed by atoms with E-state index in [1.165, 1.54) is 12.0 Å². The van der Waals surface area contributed by atoms with Crippen LogP contribution in [0.1, 0.15) is 29.1 Å². The second-order valence-corrected chi connectivity index (χ2v) is 9.63. The summed E-state index contributed by atoms with van der Waals surface area (Å²) in [4.78, 5) is 23.6. The van der Waals surface area contributed by atoms with Gasteiger partial charge in [-0.15, -0.1) is 0 Å². The van der Waals surface area contributed by atoms with Crippen molar-refractivity contribution in [1.29, 1.82) is 0 Å². The predicted octanol–water partition coefficient (Wildman–Crippen LogP) is 3.79. The van der Waals surface area contributed by atoms with Crippen LogP contribution in [0.2, 0.25) is 0 Å². The van der Waals surface area contributed by atoms with Gasteiger partial charge in [0.2, 0.25) is 0 Å². The summed E-state index contributed by atoms with van der Waals surface area (Å²) >= 11 is 0. The second-order valence-electron chi connectivity index (χ2n) is 9.63. The van der Waals surface area contributed by atoms with E-state index < -0.39 is 0 Å². The van der Waals surface area contributed by atoms with Crippen LogP contribution in [-0.4, -0.2) is 60.2 Å². The molecule has 3 saturated heterocycles. The molecule has 2 unspecified atom stereocenters. The quantitative estimate of drug-likeness (QED) is 0.442. The number of anilines is 3. The van der Waals surface area contributed by atoms with Crippen molar-refractivity contribution in [1.82, 2.24) is 35.0 Å². The molecule has 0 aromatic carbocycles. The number of pyridine rings is 2. The number of fused-ring (bicyclic) bond motifs is 2. The van der Waals surface area contributed by atoms with Crippen LogP contribution in [0.15, 0.2) is 48.8 Å². The normalized spacial score (nSPS) is 19.5. The molecule has 4 aromatic rings. The number of aromatic nitrogens is 6. The zero-order valence-corrected chi connectivity index (χ0v) is 20.2. The minimum atomic E-state index is 0.553. The third-order valence-corrected chi connectivity index (χ3v) is 6.81. The van der Waals surface area contributed by atoms with Gasteiger partial charge in [-0.2, -0.15) is 5.10 Å². The van der Waals surface area contributed by atoms with Gasteiger partial charge in [-0.25, -0.2) is 15.0 Å². The van der Waals surface area contributed by atoms with E-state index in [9.17, 15) is 0 Å². The molecule has 2 bridgehead atoms. The Bertz CT molecular complexity index is 1320. The molecule has 0 amide bonds. The minimum absolute atomic E-state index is 0.553. The third kappa shape index (κ3) is 4.46. The number of piperidine rings is 1. The van der Waals surface area contributed by atoms with E-state index in [0.29, 0.717) is 23.7 Å². The van der Waals surface area contributed by atoms with Crippen LogP contribution in [0, 0.1) is 20.8 Å². The molecule has 0 aliphatic carbocycles. The maximum Gasteiger partial charge on any atom is 0.163 e. The van der Waals surface area contributed by atoms with Gasteiger partial charge in [-0.3, -0.25) is 15.0 Å². The number of piperazine rings is 1. The largest absolute Gasteiger partial charge is 0.353 e. The molecule has 9 heteroatoms. The Morgan fingerprint density at radius 1 is 0.943 bits per heavy atom. The van der Waals surface area contributed by atoms with Crippen molar-refractivity contribution in [2.24, 2.45) is 0 Å². The Morgan fingerprint density at radius 3 is 2.49 bits per heavy atom. The second kappa shape index (κ2) is 8.74. The molecular formula is C26H29N9. The van der Waals surface area contributed by atoms with E-state index in [2.05, 4.69) is 71.5 Å². The van der Waals surface area contributed by atoms with Crippen molar-refractivity contribution in [2.75, 3.05) is 23.3 Å². The fraction of sp³-hybridized carbons (Fsp3) is 0.346. The lowest BCUT2D eigenvalue weighted by Crippen LogP contribution is -2.68. The number of rotatable bonds is 6. The highest BCUT2D eigenvalue weighted by atomic mass is 15.4. The monoisotopic (exact) mass is 467 g/mol. The summed E-state index contributed by atoms with van der Waals surface area (Å²) in [5.41, 5.74) is 5.12. The first-order valence-corrected chi connectivity index (χ1v) is 12.0. The number of hydrogen-bond donors (Lipinski definition) is 2. The molecule has 3 aliphatic rings. The van der Waals surface area contributed by atoms with Crippen LogP contribution in [0.4, 0.5) is 17.5 Å². The van der Waals surface area contributed by atoms with Crippen LogP contribution in [0.25, 0.3) is 11.4 Å². The van der Waals surface area contributed by atoms with Gasteiger partial charge < -0.3 is 10.2 Å². The number of nitrogens with zero attached hydrogens (tertiary/aromatic N) is 7. The van der Waals surface area contributed by atoms with Crippen LogP contribution >= 0.6 is 0 Å². The van der Waals surface area contributed by atoms with Crippen molar-refractivity contribution in [3.05, 3.63) is 71.4 Å². The Hall–Kier alpha value is -3.85. The maximum absolute atomic E-state index is 4.78. The zero-order valence-electron chi connectivity index (χ0n) is 20.2. The topological polar surface area (TPSA) is 98.8 Å². The summed E-state index contributed by atoms with van der Waals surface area (Å²) in [7, 11) is 0. The predicted molar refractivity (Wildman–Crippen MR) is 136 cm³/mol. The highest BCUT2D eigenvalue weighted by Crippen LogP contribution is 2.35. The molecule has 35 heavy (non-hydrogen) atoms. The standard InChI is InChI=1S/C26H29N9/c1-16-4-6-20(27-11-16)13-35-21-10-22(35)15-34(14-21)25-7-5-19(12-28-25)26-29-17(2)8-23(31-26)30-24-9-18(3)32-33-24/h4-9,11-12,21-22H,10,13-15H2,1-3H3,(H2,29,30,31,32,33). The number of aryl methyl sites for hydroxylation is 3. The van der Waals surface area contributed by atoms with E-state index in [4.69, 9.17) is 4.98 Å². The fourth-order valence-electron chi connectivity index (χ4n) is 4.99. The number of hydrogen-bond acceptors (Lipinski definition) is 8. The zero-order chi connectivity index (χ0) is 23.9. The molecule has 4 aromatic heterocycles. The summed E-state index contributed by atoms with van der Waals surface area (Å²) in [6.07, 6.45) is 5.08. The number of nitrogens with one attached hydrogen (secondary N) is 2. The third-order valence-electron chi connectivity index (χ3n) is 6.81. The lowest BCUT2D eigenvalue weighted by Gasteiger charge is -2.56. The molecule has 2 atom stereocenters. The molecule has 0 spiro atoms. The van der Waals surface area contributed by atoms with Gasteiger partial charge in [0.25, 0.3) is 0 Å². The van der Waals surface area contributed by atoms with Gasteiger partial charge in [-0.1, -0.05) is 6.07 Å². The van der Waals surface area contributed by atoms with Gasteiger partial charge in [0, 0.05) is 73.2 Å². The van der Waals surface area contributed by atoms with Crippen LogP contribution < -0.4 is 10.2 Å². The summed E-state index contributed by atoms with van der Waals surface area (Å²) in [5, 5.41) is 10.4. The van der Waals surface area contributed by atoms with Crippen molar-refractivity contribution >= 4 is 17.5 Å². The number of aromatic amines is 1. The highest BCUT2D eigenvalue weighted by Gasteiger charge is 2.44. The summed E-state index contributed by atoms with van der Waals surface area (Å²) in [6, 6.07) is 13.4. The van der Waals surface area contributed by atoms with E-state index in [0.717, 1.165) is 53.9 Å². The summed E-state index contributed by atoms with van der Waals surface area (Å²) in [5.74, 6) is 3.10. The van der Waals surface area contributed by atoms with Gasteiger partial charge >= 0.3 is 0 Å². The molecule has 178 valence electrons. The Balaban J connectivity index is 1.13. The highest BCUT2D eigenvalue weighted by molar-refractivity contribution is 5.61. The van der Waals surface area contributed by atoms with Crippen molar-refractivity contribution in [2.45, 2.75) is 45.8 Å². The first-order chi connectivity index (χ1) is 17.0. The Morgan fingerprint density at radius 2 is 1.80 bits per heavy atom. The molecule has 7 rings (SSSR count). The van der Waals surface area contributed by atoms with E-state index in [-0.39, 0.29) is 0 Å². The summed E-state index contributed by atoms with van der Waals surface area (Å²) < 4.78 is 0. The van der Waals surface area contributed by atoms with Crippen molar-refractivity contribution in [3.63, 3.8) is 0 Å². The van der Waals surface area contributed by atoms with Crippen molar-refractivity contribution < 1.29 is 0 Å². The van der Waals surface area contributed by atoms with Crippen LogP contribution in [0.5, 0.6) is 0 Å².